The fourth-order valence-electron chi connectivity index (χ4n) is 2.35. The average molecular weight is 335 g/mol. The molecule has 0 amide bonds. The Morgan fingerprint density at radius 1 is 1.08 bits per heavy atom. The first kappa shape index (κ1) is 20.3. The molecule has 0 saturated heterocycles. The second-order valence-electron chi connectivity index (χ2n) is 5.61. The van der Waals surface area contributed by atoms with Crippen LogP contribution < -0.4 is 15.4 Å². The Labute approximate surface area is 147 Å². The largest absolute Gasteiger partial charge is 0.492 e. The minimum Gasteiger partial charge on any atom is -0.492 e. The zero-order valence-electron chi connectivity index (χ0n) is 15.8. The van der Waals surface area contributed by atoms with E-state index in [0.717, 1.165) is 56.4 Å². The first-order chi connectivity index (χ1) is 11.7. The van der Waals surface area contributed by atoms with Gasteiger partial charge in [-0.25, -0.2) is 4.99 Å². The lowest BCUT2D eigenvalue weighted by atomic mass is 10.2. The van der Waals surface area contributed by atoms with Crippen LogP contribution in [0.25, 0.3) is 0 Å². The highest BCUT2D eigenvalue weighted by molar-refractivity contribution is 5.79. The van der Waals surface area contributed by atoms with Crippen molar-refractivity contribution in [3.05, 3.63) is 29.8 Å². The van der Waals surface area contributed by atoms with Gasteiger partial charge < -0.3 is 20.3 Å². The molecule has 0 aliphatic rings. The first-order valence-electron chi connectivity index (χ1n) is 9.20. The maximum absolute atomic E-state index is 5.99. The summed E-state index contributed by atoms with van der Waals surface area (Å²) < 4.78 is 5.99. The number of guanidine groups is 1. The van der Waals surface area contributed by atoms with E-state index in [4.69, 9.17) is 4.74 Å². The number of likely N-dealkylation sites (N-methyl/N-ethyl adjacent to an activating group) is 1. The SMILES string of the molecule is CCCNC(=NCc1ccccc1OCCN(CC)CC)NCC. The van der Waals surface area contributed by atoms with E-state index in [1.165, 1.54) is 0 Å². The second-order valence-corrected chi connectivity index (χ2v) is 5.61. The standard InChI is InChI=1S/C19H34N4O/c1-5-13-21-19(20-6-2)22-16-17-11-9-10-12-18(17)24-15-14-23(7-3)8-4/h9-12H,5-8,13-16H2,1-4H3,(H2,20,21,22). The van der Waals surface area contributed by atoms with Gasteiger partial charge in [0.1, 0.15) is 12.4 Å². The molecule has 0 aliphatic heterocycles. The highest BCUT2D eigenvalue weighted by Crippen LogP contribution is 2.18. The second kappa shape index (κ2) is 12.6. The first-order valence-corrected chi connectivity index (χ1v) is 9.20. The molecule has 0 aromatic heterocycles. The molecule has 1 aromatic carbocycles. The van der Waals surface area contributed by atoms with Crippen molar-refractivity contribution in [1.82, 2.24) is 15.5 Å². The van der Waals surface area contributed by atoms with E-state index in [1.807, 2.05) is 18.2 Å². The summed E-state index contributed by atoms with van der Waals surface area (Å²) in [7, 11) is 0. The molecule has 5 nitrogen and oxygen atoms in total. The Bertz CT molecular complexity index is 472. The van der Waals surface area contributed by atoms with E-state index >= 15 is 0 Å². The molecule has 0 heterocycles. The monoisotopic (exact) mass is 334 g/mol. The van der Waals surface area contributed by atoms with Crippen molar-refractivity contribution in [3.8, 4) is 5.75 Å². The summed E-state index contributed by atoms with van der Waals surface area (Å²) in [5, 5.41) is 6.60. The molecule has 0 atom stereocenters. The van der Waals surface area contributed by atoms with Crippen molar-refractivity contribution in [2.75, 3.05) is 39.3 Å². The predicted molar refractivity (Wildman–Crippen MR) is 103 cm³/mol. The number of ether oxygens (including phenoxy) is 1. The molecule has 1 aromatic rings. The van der Waals surface area contributed by atoms with E-state index in [0.29, 0.717) is 13.2 Å². The molecule has 0 fully saturated rings. The molecule has 2 N–H and O–H groups in total. The summed E-state index contributed by atoms with van der Waals surface area (Å²) in [6, 6.07) is 8.16. The van der Waals surface area contributed by atoms with Crippen LogP contribution in [0.4, 0.5) is 0 Å². The third-order valence-electron chi connectivity index (χ3n) is 3.83. The number of nitrogens with one attached hydrogen (secondary N) is 2. The number of hydrogen-bond donors (Lipinski definition) is 2. The van der Waals surface area contributed by atoms with Crippen LogP contribution in [-0.4, -0.2) is 50.2 Å². The lowest BCUT2D eigenvalue weighted by Crippen LogP contribution is -2.37. The molecule has 24 heavy (non-hydrogen) atoms. The van der Waals surface area contributed by atoms with Crippen molar-refractivity contribution < 1.29 is 4.74 Å². The van der Waals surface area contributed by atoms with E-state index in [2.05, 4.69) is 54.3 Å². The lowest BCUT2D eigenvalue weighted by Gasteiger charge is -2.18. The normalized spacial score (nSPS) is 11.6. The van der Waals surface area contributed by atoms with E-state index in [-0.39, 0.29) is 0 Å². The molecular formula is C19H34N4O. The summed E-state index contributed by atoms with van der Waals surface area (Å²) in [4.78, 5) is 7.02. The quantitative estimate of drug-likeness (QED) is 0.483. The molecule has 136 valence electrons. The van der Waals surface area contributed by atoms with Crippen LogP contribution in [-0.2, 0) is 6.54 Å². The summed E-state index contributed by atoms with van der Waals surface area (Å²) in [6.07, 6.45) is 1.08. The van der Waals surface area contributed by atoms with Crippen molar-refractivity contribution in [3.63, 3.8) is 0 Å². The maximum Gasteiger partial charge on any atom is 0.191 e. The van der Waals surface area contributed by atoms with Crippen LogP contribution in [0.2, 0.25) is 0 Å². The maximum atomic E-state index is 5.99. The zero-order chi connectivity index (χ0) is 17.6. The number of nitrogens with zero attached hydrogens (tertiary/aromatic N) is 2. The number of benzene rings is 1. The van der Waals surface area contributed by atoms with E-state index in [9.17, 15) is 0 Å². The van der Waals surface area contributed by atoms with Crippen molar-refractivity contribution >= 4 is 5.96 Å². The van der Waals surface area contributed by atoms with Crippen LogP contribution in [0.3, 0.4) is 0 Å². The summed E-state index contributed by atoms with van der Waals surface area (Å²) in [5.41, 5.74) is 1.12. The van der Waals surface area contributed by atoms with Gasteiger partial charge >= 0.3 is 0 Å². The minimum absolute atomic E-state index is 0.612. The van der Waals surface area contributed by atoms with E-state index in [1.54, 1.807) is 0 Å². The molecule has 0 radical (unpaired) electrons. The van der Waals surface area contributed by atoms with Gasteiger partial charge in [-0.3, -0.25) is 0 Å². The van der Waals surface area contributed by atoms with Crippen molar-refractivity contribution in [2.45, 2.75) is 40.7 Å². The third kappa shape index (κ3) is 7.68. The average Bonchev–Trinajstić information content (AvgIpc) is 2.62. The van der Waals surface area contributed by atoms with Crippen molar-refractivity contribution in [2.24, 2.45) is 4.99 Å². The Kier molecular flexibility index (Phi) is 10.7. The van der Waals surface area contributed by atoms with Gasteiger partial charge in [0.2, 0.25) is 0 Å². The Morgan fingerprint density at radius 2 is 1.83 bits per heavy atom. The Morgan fingerprint density at radius 3 is 2.50 bits per heavy atom. The Hall–Kier alpha value is -1.75. The lowest BCUT2D eigenvalue weighted by molar-refractivity contribution is 0.221. The fraction of sp³-hybridized carbons (Fsp3) is 0.632. The summed E-state index contributed by atoms with van der Waals surface area (Å²) >= 11 is 0. The fourth-order valence-corrected chi connectivity index (χ4v) is 2.35. The number of rotatable bonds is 11. The van der Waals surface area contributed by atoms with Gasteiger partial charge in [0.15, 0.2) is 5.96 Å². The van der Waals surface area contributed by atoms with Crippen LogP contribution in [0.1, 0.15) is 39.7 Å². The smallest absolute Gasteiger partial charge is 0.191 e. The van der Waals surface area contributed by atoms with Crippen LogP contribution >= 0.6 is 0 Å². The molecule has 1 rings (SSSR count). The molecule has 0 aliphatic carbocycles. The number of para-hydroxylation sites is 1. The molecule has 5 heteroatoms. The number of hydrogen-bond acceptors (Lipinski definition) is 3. The molecule has 0 unspecified atom stereocenters. The molecule has 0 spiro atoms. The zero-order valence-corrected chi connectivity index (χ0v) is 15.8. The topological polar surface area (TPSA) is 48.9 Å². The van der Waals surface area contributed by atoms with Crippen LogP contribution in [0.15, 0.2) is 29.3 Å². The highest BCUT2D eigenvalue weighted by atomic mass is 16.5. The predicted octanol–water partition coefficient (Wildman–Crippen LogP) is 2.87. The van der Waals surface area contributed by atoms with Gasteiger partial charge in [-0.05, 0) is 32.5 Å². The Balaban J connectivity index is 2.64. The van der Waals surface area contributed by atoms with Gasteiger partial charge in [0.25, 0.3) is 0 Å². The van der Waals surface area contributed by atoms with E-state index < -0.39 is 0 Å². The molecule has 0 saturated carbocycles. The summed E-state index contributed by atoms with van der Waals surface area (Å²) in [6.45, 7) is 14.7. The van der Waals surface area contributed by atoms with Crippen LogP contribution in [0, 0.1) is 0 Å². The molecule has 0 bridgehead atoms. The van der Waals surface area contributed by atoms with Gasteiger partial charge in [-0.2, -0.15) is 0 Å². The van der Waals surface area contributed by atoms with Gasteiger partial charge in [0.05, 0.1) is 6.54 Å². The van der Waals surface area contributed by atoms with Crippen LogP contribution in [0.5, 0.6) is 5.75 Å². The van der Waals surface area contributed by atoms with Gasteiger partial charge in [-0.15, -0.1) is 0 Å². The minimum atomic E-state index is 0.612. The van der Waals surface area contributed by atoms with Gasteiger partial charge in [-0.1, -0.05) is 39.0 Å². The summed E-state index contributed by atoms with van der Waals surface area (Å²) in [5.74, 6) is 1.79. The van der Waals surface area contributed by atoms with Gasteiger partial charge in [0, 0.05) is 25.2 Å². The number of aliphatic imine (C=N–C) groups is 1. The van der Waals surface area contributed by atoms with Crippen molar-refractivity contribution in [1.29, 1.82) is 0 Å². The third-order valence-corrected chi connectivity index (χ3v) is 3.83. The highest BCUT2D eigenvalue weighted by Gasteiger charge is 2.05. The molecular weight excluding hydrogens is 300 g/mol.